The summed E-state index contributed by atoms with van der Waals surface area (Å²) in [5.74, 6) is 0. The lowest BCUT2D eigenvalue weighted by atomic mass is 9.88. The zero-order valence-electron chi connectivity index (χ0n) is 11.7. The van der Waals surface area contributed by atoms with Crippen molar-refractivity contribution in [3.8, 4) is 0 Å². The minimum Gasteiger partial charge on any atom is -0.386 e. The lowest BCUT2D eigenvalue weighted by Crippen LogP contribution is -2.19. The van der Waals surface area contributed by atoms with Gasteiger partial charge in [0.15, 0.2) is 0 Å². The smallest absolute Gasteiger partial charge is 0.109 e. The maximum atomic E-state index is 10.2. The fourth-order valence-corrected chi connectivity index (χ4v) is 3.22. The predicted molar refractivity (Wildman–Crippen MR) is 86.2 cm³/mol. The molecule has 0 aliphatic heterocycles. The van der Waals surface area contributed by atoms with Crippen LogP contribution in [0.5, 0.6) is 0 Å². The highest BCUT2D eigenvalue weighted by molar-refractivity contribution is 6.03. The van der Waals surface area contributed by atoms with Gasteiger partial charge >= 0.3 is 0 Å². The van der Waals surface area contributed by atoms with E-state index < -0.39 is 12.2 Å². The molecule has 0 amide bonds. The van der Waals surface area contributed by atoms with E-state index in [1.165, 1.54) is 16.3 Å². The Morgan fingerprint density at radius 1 is 0.905 bits per heavy atom. The van der Waals surface area contributed by atoms with E-state index in [-0.39, 0.29) is 0 Å². The molecule has 2 nitrogen and oxygen atoms in total. The molecule has 3 aromatic carbocycles. The highest BCUT2D eigenvalue weighted by Gasteiger charge is 2.23. The summed E-state index contributed by atoms with van der Waals surface area (Å²) in [6.45, 7) is 2.11. The van der Waals surface area contributed by atoms with Crippen LogP contribution < -0.4 is 0 Å². The highest BCUT2D eigenvalue weighted by atomic mass is 16.3. The summed E-state index contributed by atoms with van der Waals surface area (Å²) in [5.41, 5.74) is 3.05. The maximum Gasteiger partial charge on any atom is 0.109 e. The second kappa shape index (κ2) is 4.42. The van der Waals surface area contributed by atoms with Gasteiger partial charge in [-0.05, 0) is 57.3 Å². The Bertz CT molecular complexity index is 893. The van der Waals surface area contributed by atoms with Crippen LogP contribution in [-0.2, 0) is 0 Å². The number of hydrogen-bond acceptors (Lipinski definition) is 2. The minimum absolute atomic E-state index is 0.797. The van der Waals surface area contributed by atoms with E-state index in [2.05, 4.69) is 37.3 Å². The van der Waals surface area contributed by atoms with Crippen molar-refractivity contribution in [1.82, 2.24) is 0 Å². The number of fused-ring (bicyclic) bond motifs is 4. The molecular weight excluding hydrogens is 260 g/mol. The fraction of sp³-hybridized carbons (Fsp3) is 0.158. The molecule has 2 N–H and O–H groups in total. The SMILES string of the molecule is Cc1cccc2cc3ccc4c(c3cc12)C=C[C@H](O)[C@H]4O. The molecule has 0 unspecified atom stereocenters. The summed E-state index contributed by atoms with van der Waals surface area (Å²) in [4.78, 5) is 0. The van der Waals surface area contributed by atoms with Crippen molar-refractivity contribution in [3.05, 3.63) is 65.2 Å². The van der Waals surface area contributed by atoms with Crippen molar-refractivity contribution in [3.63, 3.8) is 0 Å². The summed E-state index contributed by atoms with van der Waals surface area (Å²) in [5, 5.41) is 24.7. The third kappa shape index (κ3) is 1.80. The monoisotopic (exact) mass is 276 g/mol. The van der Waals surface area contributed by atoms with Crippen LogP contribution in [0, 0.1) is 6.92 Å². The van der Waals surface area contributed by atoms with E-state index in [0.717, 1.165) is 21.9 Å². The molecular formula is C19H16O2. The van der Waals surface area contributed by atoms with Gasteiger partial charge in [0.05, 0.1) is 0 Å². The summed E-state index contributed by atoms with van der Waals surface area (Å²) >= 11 is 0. The quantitative estimate of drug-likeness (QED) is 0.614. The van der Waals surface area contributed by atoms with Crippen molar-refractivity contribution in [1.29, 1.82) is 0 Å². The molecule has 21 heavy (non-hydrogen) atoms. The molecule has 2 atom stereocenters. The summed E-state index contributed by atoms with van der Waals surface area (Å²) in [7, 11) is 0. The van der Waals surface area contributed by atoms with Crippen molar-refractivity contribution in [2.24, 2.45) is 0 Å². The van der Waals surface area contributed by atoms with Crippen molar-refractivity contribution in [2.75, 3.05) is 0 Å². The Hall–Kier alpha value is -2.16. The maximum absolute atomic E-state index is 10.2. The number of aliphatic hydroxyl groups excluding tert-OH is 2. The first kappa shape index (κ1) is 12.6. The molecule has 0 spiro atoms. The van der Waals surface area contributed by atoms with Gasteiger partial charge in [0.25, 0.3) is 0 Å². The van der Waals surface area contributed by atoms with Crippen LogP contribution in [0.4, 0.5) is 0 Å². The van der Waals surface area contributed by atoms with Gasteiger partial charge < -0.3 is 10.2 Å². The van der Waals surface area contributed by atoms with Crippen molar-refractivity contribution < 1.29 is 10.2 Å². The average molecular weight is 276 g/mol. The van der Waals surface area contributed by atoms with E-state index in [0.29, 0.717) is 0 Å². The molecule has 0 saturated carbocycles. The molecule has 2 heteroatoms. The standard InChI is InChI=1S/C19H16O2/c1-11-3-2-4-12-9-13-5-6-15-14(17(13)10-16(11)12)7-8-18(20)19(15)21/h2-10,18-21H,1H3/t18-,19-/m0/s1. The first-order chi connectivity index (χ1) is 10.1. The molecule has 1 aliphatic carbocycles. The first-order valence-corrected chi connectivity index (χ1v) is 7.15. The van der Waals surface area contributed by atoms with E-state index in [1.807, 2.05) is 18.2 Å². The van der Waals surface area contributed by atoms with Crippen LogP contribution in [0.3, 0.4) is 0 Å². The summed E-state index contributed by atoms with van der Waals surface area (Å²) < 4.78 is 0. The normalized spacial score (nSPS) is 20.9. The highest BCUT2D eigenvalue weighted by Crippen LogP contribution is 2.35. The van der Waals surface area contributed by atoms with Crippen LogP contribution in [0.15, 0.2) is 48.5 Å². The molecule has 1 aliphatic rings. The van der Waals surface area contributed by atoms with Crippen LogP contribution in [-0.4, -0.2) is 16.3 Å². The number of rotatable bonds is 0. The van der Waals surface area contributed by atoms with Gasteiger partial charge in [0.1, 0.15) is 12.2 Å². The minimum atomic E-state index is -0.845. The molecule has 0 bridgehead atoms. The Labute approximate surface area is 123 Å². The topological polar surface area (TPSA) is 40.5 Å². The third-order valence-corrected chi connectivity index (χ3v) is 4.41. The lowest BCUT2D eigenvalue weighted by molar-refractivity contribution is 0.0471. The number of hydrogen-bond donors (Lipinski definition) is 2. The van der Waals surface area contributed by atoms with Gasteiger partial charge in [-0.25, -0.2) is 0 Å². The zero-order chi connectivity index (χ0) is 14.6. The number of aliphatic hydroxyl groups is 2. The van der Waals surface area contributed by atoms with Crippen LogP contribution >= 0.6 is 0 Å². The van der Waals surface area contributed by atoms with E-state index in [1.54, 1.807) is 6.08 Å². The zero-order valence-corrected chi connectivity index (χ0v) is 11.7. The van der Waals surface area contributed by atoms with E-state index in [9.17, 15) is 10.2 Å². The van der Waals surface area contributed by atoms with Gasteiger partial charge in [-0.15, -0.1) is 0 Å². The molecule has 0 aromatic heterocycles. The third-order valence-electron chi connectivity index (χ3n) is 4.41. The van der Waals surface area contributed by atoms with Gasteiger partial charge in [0.2, 0.25) is 0 Å². The number of benzene rings is 3. The summed E-state index contributed by atoms with van der Waals surface area (Å²) in [6, 6.07) is 14.6. The van der Waals surface area contributed by atoms with Gasteiger partial charge in [-0.2, -0.15) is 0 Å². The van der Waals surface area contributed by atoms with Crippen molar-refractivity contribution in [2.45, 2.75) is 19.1 Å². The van der Waals surface area contributed by atoms with Crippen LogP contribution in [0.2, 0.25) is 0 Å². The first-order valence-electron chi connectivity index (χ1n) is 7.15. The Kier molecular flexibility index (Phi) is 2.64. The van der Waals surface area contributed by atoms with Gasteiger partial charge in [0, 0.05) is 0 Å². The predicted octanol–water partition coefficient (Wildman–Crippen LogP) is 3.72. The molecule has 4 rings (SSSR count). The second-order valence-corrected chi connectivity index (χ2v) is 5.73. The van der Waals surface area contributed by atoms with E-state index in [4.69, 9.17) is 0 Å². The summed E-state index contributed by atoms with van der Waals surface area (Å²) in [6.07, 6.45) is 1.91. The fourth-order valence-electron chi connectivity index (χ4n) is 3.22. The molecule has 0 radical (unpaired) electrons. The van der Waals surface area contributed by atoms with Gasteiger partial charge in [-0.1, -0.05) is 42.5 Å². The largest absolute Gasteiger partial charge is 0.386 e. The van der Waals surface area contributed by atoms with Crippen LogP contribution in [0.1, 0.15) is 22.8 Å². The lowest BCUT2D eigenvalue weighted by Gasteiger charge is -2.23. The Morgan fingerprint density at radius 2 is 1.71 bits per heavy atom. The average Bonchev–Trinajstić information content (AvgIpc) is 2.49. The van der Waals surface area contributed by atoms with Gasteiger partial charge in [-0.3, -0.25) is 0 Å². The van der Waals surface area contributed by atoms with Crippen molar-refractivity contribution >= 4 is 27.6 Å². The molecule has 104 valence electrons. The Balaban J connectivity index is 2.11. The molecule has 0 saturated heterocycles. The van der Waals surface area contributed by atoms with Crippen LogP contribution in [0.25, 0.3) is 27.6 Å². The number of aryl methyl sites for hydroxylation is 1. The Morgan fingerprint density at radius 3 is 2.57 bits per heavy atom. The molecule has 3 aromatic rings. The molecule has 0 fully saturated rings. The van der Waals surface area contributed by atoms with E-state index >= 15 is 0 Å². The molecule has 0 heterocycles. The second-order valence-electron chi connectivity index (χ2n) is 5.73.